The summed E-state index contributed by atoms with van der Waals surface area (Å²) in [7, 11) is 1.35. The zero-order chi connectivity index (χ0) is 13.0. The number of halogens is 1. The molecule has 0 aromatic heterocycles. The number of hydrogen-bond acceptors (Lipinski definition) is 2. The van der Waals surface area contributed by atoms with Gasteiger partial charge >= 0.3 is 5.97 Å². The molecule has 92 valence electrons. The van der Waals surface area contributed by atoms with Gasteiger partial charge in [-0.15, -0.1) is 11.6 Å². The van der Waals surface area contributed by atoms with Gasteiger partial charge in [0, 0.05) is 0 Å². The van der Waals surface area contributed by atoms with E-state index in [4.69, 9.17) is 16.3 Å². The normalized spacial score (nSPS) is 11.6. The number of carbonyl (C=O) groups is 1. The van der Waals surface area contributed by atoms with E-state index in [1.807, 2.05) is 42.5 Å². The Morgan fingerprint density at radius 1 is 1.22 bits per heavy atom. The van der Waals surface area contributed by atoms with Crippen LogP contribution in [0.2, 0.25) is 0 Å². The largest absolute Gasteiger partial charge is 0.466 e. The lowest BCUT2D eigenvalue weighted by atomic mass is 10.0. The minimum atomic E-state index is -0.391. The molecule has 0 N–H and O–H groups in total. The van der Waals surface area contributed by atoms with Crippen molar-refractivity contribution in [3.8, 4) is 0 Å². The summed E-state index contributed by atoms with van der Waals surface area (Å²) in [6.07, 6.45) is 1.78. The first-order valence-corrected chi connectivity index (χ1v) is 6.12. The number of hydrogen-bond donors (Lipinski definition) is 0. The highest BCUT2D eigenvalue weighted by molar-refractivity contribution is 6.23. The van der Waals surface area contributed by atoms with E-state index in [1.165, 1.54) is 7.11 Å². The van der Waals surface area contributed by atoms with E-state index in [1.54, 1.807) is 6.08 Å². The van der Waals surface area contributed by atoms with Gasteiger partial charge in [-0.3, -0.25) is 0 Å². The molecular formula is C15H13ClO2. The fraction of sp³-hybridized carbons (Fsp3) is 0.133. The van der Waals surface area contributed by atoms with Crippen molar-refractivity contribution in [3.63, 3.8) is 0 Å². The summed E-state index contributed by atoms with van der Waals surface area (Å²) in [5.41, 5.74) is 1.42. The molecule has 3 heteroatoms. The lowest BCUT2D eigenvalue weighted by Crippen LogP contribution is -2.05. The van der Waals surface area contributed by atoms with E-state index in [-0.39, 0.29) is 5.88 Å². The van der Waals surface area contributed by atoms with Crippen LogP contribution < -0.4 is 0 Å². The van der Waals surface area contributed by atoms with Crippen molar-refractivity contribution in [3.05, 3.63) is 53.6 Å². The van der Waals surface area contributed by atoms with Crippen LogP contribution in [0.3, 0.4) is 0 Å². The quantitative estimate of drug-likeness (QED) is 0.479. The molecule has 2 nitrogen and oxygen atoms in total. The molecular weight excluding hydrogens is 248 g/mol. The lowest BCUT2D eigenvalue weighted by molar-refractivity contribution is -0.135. The standard InChI is InChI=1S/C15H13ClO2/c1-18-15(17)13(10-16)9-12-7-4-6-11-5-2-3-8-14(11)12/h2-9H,10H2,1H3/b13-9+. The third-order valence-electron chi connectivity index (χ3n) is 2.74. The van der Waals surface area contributed by atoms with Gasteiger partial charge in [0.15, 0.2) is 0 Å². The second-order valence-corrected chi connectivity index (χ2v) is 4.13. The van der Waals surface area contributed by atoms with Gasteiger partial charge in [-0.2, -0.15) is 0 Å². The molecule has 2 aromatic rings. The Bertz CT molecular complexity index is 597. The average Bonchev–Trinajstić information content (AvgIpc) is 2.44. The van der Waals surface area contributed by atoms with Crippen molar-refractivity contribution >= 4 is 34.4 Å². The van der Waals surface area contributed by atoms with Crippen LogP contribution in [0, 0.1) is 0 Å². The molecule has 0 aliphatic heterocycles. The summed E-state index contributed by atoms with van der Waals surface area (Å²) in [6.45, 7) is 0. The van der Waals surface area contributed by atoms with E-state index in [0.717, 1.165) is 16.3 Å². The van der Waals surface area contributed by atoms with E-state index < -0.39 is 5.97 Å². The summed E-state index contributed by atoms with van der Waals surface area (Å²) in [6, 6.07) is 14.0. The average molecular weight is 261 g/mol. The second-order valence-electron chi connectivity index (χ2n) is 3.86. The first kappa shape index (κ1) is 12.7. The fourth-order valence-corrected chi connectivity index (χ4v) is 2.03. The molecule has 0 heterocycles. The molecule has 0 atom stereocenters. The third-order valence-corrected chi connectivity index (χ3v) is 3.03. The molecule has 0 aliphatic rings. The maximum Gasteiger partial charge on any atom is 0.334 e. The topological polar surface area (TPSA) is 26.3 Å². The van der Waals surface area contributed by atoms with Crippen LogP contribution in [0.15, 0.2) is 48.0 Å². The molecule has 0 spiro atoms. The molecule has 0 amide bonds. The lowest BCUT2D eigenvalue weighted by Gasteiger charge is -2.05. The minimum absolute atomic E-state index is 0.135. The van der Waals surface area contributed by atoms with Gasteiger partial charge in [-0.05, 0) is 22.4 Å². The number of esters is 1. The number of alkyl halides is 1. The summed E-state index contributed by atoms with van der Waals surface area (Å²) in [5.74, 6) is -0.256. The van der Waals surface area contributed by atoms with Gasteiger partial charge < -0.3 is 4.74 Å². The molecule has 0 radical (unpaired) electrons. The number of fused-ring (bicyclic) bond motifs is 1. The molecule has 0 saturated carbocycles. The van der Waals surface area contributed by atoms with Gasteiger partial charge in [0.1, 0.15) is 0 Å². The van der Waals surface area contributed by atoms with Crippen molar-refractivity contribution in [1.29, 1.82) is 0 Å². The van der Waals surface area contributed by atoms with Gasteiger partial charge in [0.2, 0.25) is 0 Å². The number of methoxy groups -OCH3 is 1. The second kappa shape index (κ2) is 5.69. The van der Waals surface area contributed by atoms with Gasteiger partial charge in [-0.25, -0.2) is 4.79 Å². The van der Waals surface area contributed by atoms with Crippen molar-refractivity contribution < 1.29 is 9.53 Å². The van der Waals surface area contributed by atoms with Crippen molar-refractivity contribution in [2.45, 2.75) is 0 Å². The Kier molecular flexibility index (Phi) is 4.00. The Hall–Kier alpha value is -1.80. The summed E-state index contributed by atoms with van der Waals surface area (Å²) in [5, 5.41) is 2.22. The predicted octanol–water partition coefficient (Wildman–Crippen LogP) is 3.64. The SMILES string of the molecule is COC(=O)/C(=C/c1cccc2ccccc12)CCl. The van der Waals surface area contributed by atoms with E-state index >= 15 is 0 Å². The molecule has 0 bridgehead atoms. The van der Waals surface area contributed by atoms with Crippen LogP contribution in [0.5, 0.6) is 0 Å². The predicted molar refractivity (Wildman–Crippen MR) is 74.7 cm³/mol. The van der Waals surface area contributed by atoms with Crippen LogP contribution in [-0.4, -0.2) is 19.0 Å². The van der Waals surface area contributed by atoms with Crippen LogP contribution >= 0.6 is 11.6 Å². The Morgan fingerprint density at radius 3 is 2.67 bits per heavy atom. The van der Waals surface area contributed by atoms with Gasteiger partial charge in [0.05, 0.1) is 18.6 Å². The summed E-state index contributed by atoms with van der Waals surface area (Å²) in [4.78, 5) is 11.5. The van der Waals surface area contributed by atoms with Crippen LogP contribution in [0.1, 0.15) is 5.56 Å². The molecule has 0 fully saturated rings. The first-order chi connectivity index (χ1) is 8.76. The maximum atomic E-state index is 11.5. The number of carbonyl (C=O) groups excluding carboxylic acids is 1. The van der Waals surface area contributed by atoms with Gasteiger partial charge in [0.25, 0.3) is 0 Å². The number of rotatable bonds is 3. The molecule has 2 aromatic carbocycles. The maximum absolute atomic E-state index is 11.5. The molecule has 0 aliphatic carbocycles. The highest BCUT2D eigenvalue weighted by Crippen LogP contribution is 2.21. The van der Waals surface area contributed by atoms with E-state index in [0.29, 0.717) is 5.57 Å². The van der Waals surface area contributed by atoms with Crippen LogP contribution in [-0.2, 0) is 9.53 Å². The van der Waals surface area contributed by atoms with Crippen molar-refractivity contribution in [2.75, 3.05) is 13.0 Å². The summed E-state index contributed by atoms with van der Waals surface area (Å²) >= 11 is 5.77. The first-order valence-electron chi connectivity index (χ1n) is 5.59. The smallest absolute Gasteiger partial charge is 0.334 e. The van der Waals surface area contributed by atoms with Crippen LogP contribution in [0.25, 0.3) is 16.8 Å². The molecule has 0 unspecified atom stereocenters. The molecule has 18 heavy (non-hydrogen) atoms. The van der Waals surface area contributed by atoms with Crippen molar-refractivity contribution in [1.82, 2.24) is 0 Å². The Labute approximate surface area is 111 Å². The van der Waals surface area contributed by atoms with Crippen LogP contribution in [0.4, 0.5) is 0 Å². The van der Waals surface area contributed by atoms with Crippen molar-refractivity contribution in [2.24, 2.45) is 0 Å². The Morgan fingerprint density at radius 2 is 1.94 bits per heavy atom. The zero-order valence-corrected chi connectivity index (χ0v) is 10.8. The van der Waals surface area contributed by atoms with E-state index in [2.05, 4.69) is 0 Å². The highest BCUT2D eigenvalue weighted by atomic mass is 35.5. The fourth-order valence-electron chi connectivity index (χ4n) is 1.85. The highest BCUT2D eigenvalue weighted by Gasteiger charge is 2.08. The monoisotopic (exact) mass is 260 g/mol. The Balaban J connectivity index is 2.54. The molecule has 0 saturated heterocycles. The van der Waals surface area contributed by atoms with Gasteiger partial charge in [-0.1, -0.05) is 42.5 Å². The third kappa shape index (κ3) is 2.54. The summed E-state index contributed by atoms with van der Waals surface area (Å²) < 4.78 is 4.70. The zero-order valence-electron chi connectivity index (χ0n) is 10.0. The minimum Gasteiger partial charge on any atom is -0.466 e. The number of benzene rings is 2. The molecule has 2 rings (SSSR count). The number of ether oxygens (including phenoxy) is 1. The van der Waals surface area contributed by atoms with E-state index in [9.17, 15) is 4.79 Å².